The monoisotopic (exact) mass is 244 g/mol. The van der Waals surface area contributed by atoms with Crippen LogP contribution in [0, 0.1) is 6.92 Å². The summed E-state index contributed by atoms with van der Waals surface area (Å²) >= 11 is 4.98. The van der Waals surface area contributed by atoms with Crippen molar-refractivity contribution in [1.29, 1.82) is 0 Å². The standard InChI is InChI=1S/C13H10NO2S/c1-9-10(8-15)2-7-13(14-9)16-11-3-5-12(17)6-4-11/h2-8H,1H3. The highest BCUT2D eigenvalue weighted by Gasteiger charge is 2.02. The molecule has 17 heavy (non-hydrogen) atoms. The van der Waals surface area contributed by atoms with Crippen molar-refractivity contribution in [2.45, 2.75) is 11.8 Å². The average molecular weight is 244 g/mol. The van der Waals surface area contributed by atoms with Crippen molar-refractivity contribution in [2.75, 3.05) is 0 Å². The Morgan fingerprint density at radius 3 is 2.47 bits per heavy atom. The van der Waals surface area contributed by atoms with Crippen molar-refractivity contribution in [3.8, 4) is 11.6 Å². The predicted molar refractivity (Wildman–Crippen MR) is 66.7 cm³/mol. The normalized spacial score (nSPS) is 9.94. The van der Waals surface area contributed by atoms with E-state index < -0.39 is 0 Å². The maximum atomic E-state index is 10.6. The molecule has 0 N–H and O–H groups in total. The summed E-state index contributed by atoms with van der Waals surface area (Å²) in [6.07, 6.45) is 0.776. The molecule has 0 saturated carbocycles. The van der Waals surface area contributed by atoms with Crippen molar-refractivity contribution in [3.63, 3.8) is 0 Å². The number of pyridine rings is 1. The number of benzene rings is 1. The van der Waals surface area contributed by atoms with E-state index >= 15 is 0 Å². The average Bonchev–Trinajstić information content (AvgIpc) is 2.32. The maximum absolute atomic E-state index is 10.6. The van der Waals surface area contributed by atoms with E-state index in [0.29, 0.717) is 22.9 Å². The Kier molecular flexibility index (Phi) is 3.35. The zero-order valence-corrected chi connectivity index (χ0v) is 10.0. The number of aromatic nitrogens is 1. The van der Waals surface area contributed by atoms with E-state index in [-0.39, 0.29) is 0 Å². The van der Waals surface area contributed by atoms with Crippen LogP contribution in [-0.4, -0.2) is 11.3 Å². The first-order valence-electron chi connectivity index (χ1n) is 5.07. The van der Waals surface area contributed by atoms with E-state index in [2.05, 4.69) is 4.98 Å². The Balaban J connectivity index is 2.21. The Morgan fingerprint density at radius 1 is 1.18 bits per heavy atom. The Hall–Kier alpha value is -1.94. The molecule has 4 heteroatoms. The molecule has 2 rings (SSSR count). The van der Waals surface area contributed by atoms with Crippen molar-refractivity contribution in [1.82, 2.24) is 4.98 Å². The van der Waals surface area contributed by atoms with E-state index in [1.54, 1.807) is 43.3 Å². The topological polar surface area (TPSA) is 39.2 Å². The van der Waals surface area contributed by atoms with Gasteiger partial charge in [0.25, 0.3) is 0 Å². The summed E-state index contributed by atoms with van der Waals surface area (Å²) in [5.74, 6) is 1.13. The van der Waals surface area contributed by atoms with Gasteiger partial charge in [0.2, 0.25) is 5.88 Å². The number of carbonyl (C=O) groups excluding carboxylic acids is 1. The first-order chi connectivity index (χ1) is 8.19. The van der Waals surface area contributed by atoms with E-state index in [1.165, 1.54) is 0 Å². The van der Waals surface area contributed by atoms with Crippen molar-refractivity contribution < 1.29 is 9.53 Å². The lowest BCUT2D eigenvalue weighted by molar-refractivity contribution is 0.112. The van der Waals surface area contributed by atoms with Gasteiger partial charge in [0.05, 0.1) is 5.69 Å². The van der Waals surface area contributed by atoms with Crippen LogP contribution >= 0.6 is 12.6 Å². The zero-order chi connectivity index (χ0) is 12.3. The van der Waals surface area contributed by atoms with Gasteiger partial charge in [-0.25, -0.2) is 4.98 Å². The molecular weight excluding hydrogens is 234 g/mol. The molecule has 0 aliphatic heterocycles. The molecule has 1 aromatic carbocycles. The number of hydrogen-bond acceptors (Lipinski definition) is 3. The molecule has 0 saturated heterocycles. The lowest BCUT2D eigenvalue weighted by atomic mass is 10.2. The number of ether oxygens (including phenoxy) is 1. The fraction of sp³-hybridized carbons (Fsp3) is 0.0769. The summed E-state index contributed by atoms with van der Waals surface area (Å²) in [6.45, 7) is 1.77. The summed E-state index contributed by atoms with van der Waals surface area (Å²) in [6, 6.07) is 10.5. The lowest BCUT2D eigenvalue weighted by Gasteiger charge is -2.06. The van der Waals surface area contributed by atoms with Crippen LogP contribution in [-0.2, 0) is 0 Å². The number of hydrogen-bond donors (Lipinski definition) is 0. The maximum Gasteiger partial charge on any atom is 0.219 e. The van der Waals surface area contributed by atoms with Crippen molar-refractivity contribution >= 4 is 18.9 Å². The summed E-state index contributed by atoms with van der Waals surface area (Å²) in [4.78, 5) is 15.6. The predicted octanol–water partition coefficient (Wildman–Crippen LogP) is 3.55. The quantitative estimate of drug-likeness (QED) is 0.775. The summed E-state index contributed by atoms with van der Waals surface area (Å²) in [5, 5.41) is 0. The fourth-order valence-electron chi connectivity index (χ4n) is 1.36. The molecule has 0 atom stereocenters. The van der Waals surface area contributed by atoms with Gasteiger partial charge in [0, 0.05) is 16.5 Å². The van der Waals surface area contributed by atoms with Crippen molar-refractivity contribution in [3.05, 3.63) is 47.7 Å². The summed E-state index contributed by atoms with van der Waals surface area (Å²) in [7, 11) is 0. The molecule has 0 spiro atoms. The third-order valence-electron chi connectivity index (χ3n) is 2.27. The van der Waals surface area contributed by atoms with Crippen LogP contribution in [0.5, 0.6) is 11.6 Å². The van der Waals surface area contributed by atoms with Gasteiger partial charge in [-0.2, -0.15) is 0 Å². The van der Waals surface area contributed by atoms with E-state index in [1.807, 2.05) is 0 Å². The number of aldehydes is 1. The summed E-state index contributed by atoms with van der Waals surface area (Å²) in [5.41, 5.74) is 1.22. The third-order valence-corrected chi connectivity index (χ3v) is 2.55. The molecule has 3 nitrogen and oxygen atoms in total. The van der Waals surface area contributed by atoms with Gasteiger partial charge in [0.1, 0.15) is 5.75 Å². The zero-order valence-electron chi connectivity index (χ0n) is 9.21. The highest BCUT2D eigenvalue weighted by atomic mass is 32.1. The minimum atomic E-state index is 0.463. The highest BCUT2D eigenvalue weighted by Crippen LogP contribution is 2.21. The molecular formula is C13H10NO2S. The first-order valence-corrected chi connectivity index (χ1v) is 5.47. The van der Waals surface area contributed by atoms with Gasteiger partial charge < -0.3 is 4.74 Å². The summed E-state index contributed by atoms with van der Waals surface area (Å²) < 4.78 is 5.54. The van der Waals surface area contributed by atoms with Crippen LogP contribution in [0.1, 0.15) is 16.1 Å². The molecule has 0 unspecified atom stereocenters. The van der Waals surface area contributed by atoms with Gasteiger partial charge in [-0.05, 0) is 37.3 Å². The second-order valence-electron chi connectivity index (χ2n) is 3.52. The molecule has 1 radical (unpaired) electrons. The fourth-order valence-corrected chi connectivity index (χ4v) is 1.49. The molecule has 0 bridgehead atoms. The second kappa shape index (κ2) is 4.93. The van der Waals surface area contributed by atoms with Gasteiger partial charge in [-0.3, -0.25) is 4.79 Å². The highest BCUT2D eigenvalue weighted by molar-refractivity contribution is 7.80. The van der Waals surface area contributed by atoms with Crippen LogP contribution in [0.2, 0.25) is 0 Å². The van der Waals surface area contributed by atoms with Crippen LogP contribution in [0.3, 0.4) is 0 Å². The Bertz CT molecular complexity index is 538. The van der Waals surface area contributed by atoms with Gasteiger partial charge in [0.15, 0.2) is 6.29 Å². The van der Waals surface area contributed by atoms with Crippen molar-refractivity contribution in [2.24, 2.45) is 0 Å². The van der Waals surface area contributed by atoms with Crippen LogP contribution in [0.25, 0.3) is 0 Å². The van der Waals surface area contributed by atoms with Crippen LogP contribution in [0.4, 0.5) is 0 Å². The number of nitrogens with zero attached hydrogens (tertiary/aromatic N) is 1. The second-order valence-corrected chi connectivity index (χ2v) is 3.99. The van der Waals surface area contributed by atoms with E-state index in [9.17, 15) is 4.79 Å². The number of carbonyl (C=O) groups is 1. The molecule has 0 aliphatic rings. The number of aryl methyl sites for hydroxylation is 1. The van der Waals surface area contributed by atoms with Gasteiger partial charge in [-0.15, -0.1) is 0 Å². The first kappa shape index (κ1) is 11.5. The Morgan fingerprint density at radius 2 is 1.88 bits per heavy atom. The molecule has 1 heterocycles. The van der Waals surface area contributed by atoms with Gasteiger partial charge in [-0.1, -0.05) is 12.6 Å². The van der Waals surface area contributed by atoms with Crippen LogP contribution in [0.15, 0.2) is 41.3 Å². The lowest BCUT2D eigenvalue weighted by Crippen LogP contribution is -1.94. The van der Waals surface area contributed by atoms with Gasteiger partial charge >= 0.3 is 0 Å². The SMILES string of the molecule is Cc1nc(Oc2ccc([S])cc2)ccc1C=O. The van der Waals surface area contributed by atoms with E-state index in [4.69, 9.17) is 17.4 Å². The molecule has 1 aromatic heterocycles. The molecule has 0 fully saturated rings. The largest absolute Gasteiger partial charge is 0.439 e. The van der Waals surface area contributed by atoms with E-state index in [0.717, 1.165) is 11.2 Å². The minimum Gasteiger partial charge on any atom is -0.439 e. The smallest absolute Gasteiger partial charge is 0.219 e. The number of rotatable bonds is 3. The molecule has 85 valence electrons. The minimum absolute atomic E-state index is 0.463. The molecule has 2 aromatic rings. The third kappa shape index (κ3) is 2.79. The van der Waals surface area contributed by atoms with Crippen LogP contribution < -0.4 is 4.74 Å². The molecule has 0 aliphatic carbocycles. The Labute approximate surface area is 105 Å². The molecule has 0 amide bonds.